The molecule has 0 aromatic heterocycles. The molecule has 0 amide bonds. The molecule has 30 heavy (non-hydrogen) atoms. The van der Waals surface area contributed by atoms with E-state index < -0.39 is 0 Å². The zero-order valence-electron chi connectivity index (χ0n) is 19.7. The van der Waals surface area contributed by atoms with Crippen molar-refractivity contribution in [2.75, 3.05) is 6.61 Å². The average molecular weight is 417 g/mol. The largest absolute Gasteiger partial charge is 0.393 e. The van der Waals surface area contributed by atoms with Gasteiger partial charge in [-0.15, -0.1) is 0 Å². The first-order valence-electron chi connectivity index (χ1n) is 13.3. The molecule has 6 fully saturated rings. The Morgan fingerprint density at radius 1 is 0.900 bits per heavy atom. The van der Waals surface area contributed by atoms with E-state index in [9.17, 15) is 5.11 Å². The van der Waals surface area contributed by atoms with E-state index in [1.54, 1.807) is 0 Å². The normalized spacial score (nSPS) is 62.5. The van der Waals surface area contributed by atoms with Crippen LogP contribution >= 0.6 is 0 Å². The molecule has 4 aliphatic carbocycles. The summed E-state index contributed by atoms with van der Waals surface area (Å²) in [5, 5.41) is 11.8. The van der Waals surface area contributed by atoms with Crippen LogP contribution in [0.15, 0.2) is 0 Å². The van der Waals surface area contributed by atoms with Crippen molar-refractivity contribution in [1.29, 1.82) is 0 Å². The van der Waals surface area contributed by atoms with Gasteiger partial charge in [0, 0.05) is 23.7 Å². The molecule has 6 aliphatic rings. The molecule has 0 bridgehead atoms. The number of aliphatic hydroxyl groups is 1. The molecule has 4 saturated carbocycles. The third-order valence-electron chi connectivity index (χ3n) is 12.0. The van der Waals surface area contributed by atoms with Gasteiger partial charge in [-0.2, -0.15) is 0 Å². The molecule has 0 radical (unpaired) electrons. The maximum Gasteiger partial charge on any atom is 0.171 e. The van der Waals surface area contributed by atoms with Crippen LogP contribution in [0, 0.1) is 52.3 Å². The number of hydrogen-bond donors (Lipinski definition) is 1. The number of aliphatic hydroxyl groups excluding tert-OH is 1. The lowest BCUT2D eigenvalue weighted by Crippen LogP contribution is -2.59. The molecule has 3 nitrogen and oxygen atoms in total. The van der Waals surface area contributed by atoms with Crippen LogP contribution < -0.4 is 0 Å². The lowest BCUT2D eigenvalue weighted by molar-refractivity contribution is -0.274. The Labute approximate surface area is 183 Å². The minimum Gasteiger partial charge on any atom is -0.393 e. The van der Waals surface area contributed by atoms with Gasteiger partial charge in [0.2, 0.25) is 0 Å². The van der Waals surface area contributed by atoms with E-state index in [0.717, 1.165) is 43.6 Å². The first-order chi connectivity index (χ1) is 14.3. The topological polar surface area (TPSA) is 38.7 Å². The Kier molecular flexibility index (Phi) is 4.58. The van der Waals surface area contributed by atoms with Crippen molar-refractivity contribution in [3.63, 3.8) is 0 Å². The Morgan fingerprint density at radius 3 is 2.50 bits per heavy atom. The molecule has 0 aromatic carbocycles. The van der Waals surface area contributed by atoms with Crippen LogP contribution in [0.1, 0.15) is 91.9 Å². The molecule has 170 valence electrons. The summed E-state index contributed by atoms with van der Waals surface area (Å²) in [5.41, 5.74) is 0.469. The monoisotopic (exact) mass is 416 g/mol. The van der Waals surface area contributed by atoms with E-state index in [-0.39, 0.29) is 23.4 Å². The zero-order chi connectivity index (χ0) is 20.9. The maximum absolute atomic E-state index is 11.8. The maximum atomic E-state index is 11.8. The predicted molar refractivity (Wildman–Crippen MR) is 118 cm³/mol. The summed E-state index contributed by atoms with van der Waals surface area (Å²) in [5.74, 6) is 4.15. The first kappa shape index (κ1) is 20.5. The third-order valence-corrected chi connectivity index (χ3v) is 12.0. The van der Waals surface area contributed by atoms with Crippen LogP contribution in [0.5, 0.6) is 0 Å². The summed E-state index contributed by atoms with van der Waals surface area (Å²) in [4.78, 5) is 0. The predicted octanol–water partition coefficient (Wildman–Crippen LogP) is 5.79. The first-order valence-corrected chi connectivity index (χ1v) is 13.3. The minimum absolute atomic E-state index is 0.000956. The molecular weight excluding hydrogens is 372 g/mol. The second kappa shape index (κ2) is 6.70. The quantitative estimate of drug-likeness (QED) is 0.543. The van der Waals surface area contributed by atoms with Crippen molar-refractivity contribution in [2.24, 2.45) is 52.3 Å². The summed E-state index contributed by atoms with van der Waals surface area (Å²) in [6.45, 7) is 10.5. The molecule has 2 aliphatic heterocycles. The summed E-state index contributed by atoms with van der Waals surface area (Å²) < 4.78 is 13.3. The van der Waals surface area contributed by atoms with Gasteiger partial charge in [0.1, 0.15) is 0 Å². The highest BCUT2D eigenvalue weighted by molar-refractivity contribution is 5.17. The van der Waals surface area contributed by atoms with Crippen LogP contribution in [0.4, 0.5) is 0 Å². The van der Waals surface area contributed by atoms with Gasteiger partial charge >= 0.3 is 0 Å². The van der Waals surface area contributed by atoms with Gasteiger partial charge in [-0.25, -0.2) is 0 Å². The molecule has 3 heteroatoms. The van der Waals surface area contributed by atoms with Crippen LogP contribution in [0.3, 0.4) is 0 Å². The Balaban J connectivity index is 1.31. The molecular formula is C27H44O3. The molecule has 1 spiro atoms. The minimum atomic E-state index is -0.376. The fraction of sp³-hybridized carbons (Fsp3) is 1.00. The van der Waals surface area contributed by atoms with Crippen LogP contribution in [-0.2, 0) is 9.47 Å². The molecule has 0 aromatic rings. The highest BCUT2D eigenvalue weighted by Gasteiger charge is 2.71. The number of ether oxygens (including phenoxy) is 2. The molecule has 2 saturated heterocycles. The molecule has 2 heterocycles. The van der Waals surface area contributed by atoms with E-state index in [1.807, 2.05) is 0 Å². The van der Waals surface area contributed by atoms with Crippen molar-refractivity contribution in [3.05, 3.63) is 0 Å². The van der Waals surface area contributed by atoms with Crippen LogP contribution in [0.2, 0.25) is 0 Å². The van der Waals surface area contributed by atoms with Gasteiger partial charge in [-0.05, 0) is 80.0 Å². The van der Waals surface area contributed by atoms with Gasteiger partial charge in [0.15, 0.2) is 5.79 Å². The Bertz CT molecular complexity index is 684. The van der Waals surface area contributed by atoms with Gasteiger partial charge in [-0.3, -0.25) is 0 Å². The second-order valence-electron chi connectivity index (χ2n) is 13.0. The highest BCUT2D eigenvalue weighted by atomic mass is 16.7. The van der Waals surface area contributed by atoms with Crippen molar-refractivity contribution < 1.29 is 14.6 Å². The van der Waals surface area contributed by atoms with Crippen LogP contribution in [-0.4, -0.2) is 29.7 Å². The summed E-state index contributed by atoms with van der Waals surface area (Å²) in [6.07, 6.45) is 13.0. The number of fused-ring (bicyclic) bond motifs is 7. The van der Waals surface area contributed by atoms with Crippen molar-refractivity contribution in [3.8, 4) is 0 Å². The average Bonchev–Trinajstić information content (AvgIpc) is 3.17. The van der Waals surface area contributed by atoms with Gasteiger partial charge in [-0.1, -0.05) is 40.5 Å². The lowest BCUT2D eigenvalue weighted by Gasteiger charge is -2.62. The third kappa shape index (κ3) is 2.49. The van der Waals surface area contributed by atoms with Gasteiger partial charge < -0.3 is 14.6 Å². The Hall–Kier alpha value is -0.120. The van der Waals surface area contributed by atoms with E-state index in [2.05, 4.69) is 27.7 Å². The zero-order valence-corrected chi connectivity index (χ0v) is 19.7. The van der Waals surface area contributed by atoms with E-state index in [1.165, 1.54) is 44.9 Å². The number of hydrogen-bond acceptors (Lipinski definition) is 3. The van der Waals surface area contributed by atoms with Gasteiger partial charge in [0.25, 0.3) is 0 Å². The highest BCUT2D eigenvalue weighted by Crippen LogP contribution is 2.71. The fourth-order valence-electron chi connectivity index (χ4n) is 10.3. The molecule has 6 rings (SSSR count). The smallest absolute Gasteiger partial charge is 0.171 e. The second-order valence-corrected chi connectivity index (χ2v) is 13.0. The van der Waals surface area contributed by atoms with Gasteiger partial charge in [0.05, 0.1) is 18.8 Å². The van der Waals surface area contributed by atoms with Crippen molar-refractivity contribution >= 4 is 0 Å². The Morgan fingerprint density at radius 2 is 1.73 bits per heavy atom. The number of rotatable bonds is 0. The van der Waals surface area contributed by atoms with E-state index in [0.29, 0.717) is 29.1 Å². The standard InChI is InChI=1S/C27H44O3/c1-16-10-12-27(29-15-16)17(2)24-22(30-27)13-21-19-9-8-18-7-5-6-11-25(18,3)20(19)14-23(28)26(21,24)4/h16-24,28H,5-15H2,1-4H3/t16?,17-,18+,19+,20-,21-,22-,23-,24-,25-,26+,27+/m0/s1. The fourth-order valence-corrected chi connectivity index (χ4v) is 10.3. The molecule has 12 atom stereocenters. The SMILES string of the molecule is CC1CC[C@@]2(OC1)O[C@H]1C[C@H]3[C@@H]4CC[C@H]5CCCC[C@]5(C)[C@H]4C[C@H](O)[C@]3(C)[C@H]1[C@@H]2C. The summed E-state index contributed by atoms with van der Waals surface area (Å²) in [6, 6.07) is 0. The van der Waals surface area contributed by atoms with E-state index >= 15 is 0 Å². The van der Waals surface area contributed by atoms with Crippen molar-refractivity contribution in [2.45, 2.75) is 110 Å². The lowest BCUT2D eigenvalue weighted by atomic mass is 9.44. The molecule has 1 unspecified atom stereocenters. The summed E-state index contributed by atoms with van der Waals surface area (Å²) >= 11 is 0. The van der Waals surface area contributed by atoms with Crippen molar-refractivity contribution in [1.82, 2.24) is 0 Å². The molecule has 1 N–H and O–H groups in total. The van der Waals surface area contributed by atoms with Crippen LogP contribution in [0.25, 0.3) is 0 Å². The summed E-state index contributed by atoms with van der Waals surface area (Å²) in [7, 11) is 0. The van der Waals surface area contributed by atoms with E-state index in [4.69, 9.17) is 9.47 Å².